The van der Waals surface area contributed by atoms with E-state index in [1.807, 2.05) is 0 Å². The zero-order chi connectivity index (χ0) is 9.10. The van der Waals surface area contributed by atoms with Crippen LogP contribution in [-0.4, -0.2) is 24.2 Å². The van der Waals surface area contributed by atoms with Crippen LogP contribution in [0.2, 0.25) is 0 Å². The summed E-state index contributed by atoms with van der Waals surface area (Å²) in [6, 6.07) is 3.44. The van der Waals surface area contributed by atoms with E-state index in [1.165, 1.54) is 0 Å². The van der Waals surface area contributed by atoms with Gasteiger partial charge in [0.15, 0.2) is 11.9 Å². The van der Waals surface area contributed by atoms with E-state index in [4.69, 9.17) is 11.3 Å². The molecule has 0 aromatic carbocycles. The van der Waals surface area contributed by atoms with E-state index < -0.39 is 0 Å². The molecular formula is C9H9N3O. The standard InChI is InChI=1S/C9H9N3O/c1-10-9-3-2-7(6-12-9)13-8-4-11-5-8/h2-3,6,8,11H,4-5H2. The molecule has 2 heterocycles. The fraction of sp³-hybridized carbons (Fsp3) is 0.333. The second-order valence-electron chi connectivity index (χ2n) is 2.86. The highest BCUT2D eigenvalue weighted by Gasteiger charge is 2.18. The van der Waals surface area contributed by atoms with Crippen molar-refractivity contribution in [2.75, 3.05) is 13.1 Å². The molecular weight excluding hydrogens is 166 g/mol. The summed E-state index contributed by atoms with van der Waals surface area (Å²) < 4.78 is 5.52. The second kappa shape index (κ2) is 3.42. The van der Waals surface area contributed by atoms with Gasteiger partial charge in [0.1, 0.15) is 6.10 Å². The summed E-state index contributed by atoms with van der Waals surface area (Å²) in [6.07, 6.45) is 1.85. The van der Waals surface area contributed by atoms with E-state index in [2.05, 4.69) is 15.1 Å². The van der Waals surface area contributed by atoms with E-state index >= 15 is 0 Å². The van der Waals surface area contributed by atoms with Crippen molar-refractivity contribution in [2.24, 2.45) is 0 Å². The number of hydrogen-bond donors (Lipinski definition) is 1. The van der Waals surface area contributed by atoms with Crippen molar-refractivity contribution >= 4 is 5.82 Å². The number of nitrogens with zero attached hydrogens (tertiary/aromatic N) is 2. The van der Waals surface area contributed by atoms with Crippen LogP contribution in [0.3, 0.4) is 0 Å². The summed E-state index contributed by atoms with van der Waals surface area (Å²) in [5.74, 6) is 1.14. The van der Waals surface area contributed by atoms with Crippen LogP contribution >= 0.6 is 0 Å². The maximum Gasteiger partial charge on any atom is 0.269 e. The summed E-state index contributed by atoms with van der Waals surface area (Å²) in [5.41, 5.74) is 0. The van der Waals surface area contributed by atoms with Gasteiger partial charge in [-0.25, -0.2) is 0 Å². The Kier molecular flexibility index (Phi) is 2.11. The Hall–Kier alpha value is -1.60. The number of hydrogen-bond acceptors (Lipinski definition) is 3. The predicted molar refractivity (Wildman–Crippen MR) is 47.8 cm³/mol. The van der Waals surface area contributed by atoms with Crippen molar-refractivity contribution in [3.63, 3.8) is 0 Å². The lowest BCUT2D eigenvalue weighted by molar-refractivity contribution is 0.142. The molecule has 1 N–H and O–H groups in total. The van der Waals surface area contributed by atoms with Gasteiger partial charge in [-0.1, -0.05) is 6.57 Å². The van der Waals surface area contributed by atoms with Crippen molar-refractivity contribution in [2.45, 2.75) is 6.10 Å². The summed E-state index contributed by atoms with van der Waals surface area (Å²) in [4.78, 5) is 7.10. The monoisotopic (exact) mass is 175 g/mol. The first-order chi connectivity index (χ1) is 6.38. The Morgan fingerprint density at radius 1 is 1.54 bits per heavy atom. The van der Waals surface area contributed by atoms with E-state index in [0.717, 1.165) is 18.8 Å². The first-order valence-electron chi connectivity index (χ1n) is 4.09. The molecule has 1 aliphatic rings. The van der Waals surface area contributed by atoms with Crippen LogP contribution in [-0.2, 0) is 0 Å². The highest BCUT2D eigenvalue weighted by Crippen LogP contribution is 2.16. The molecule has 13 heavy (non-hydrogen) atoms. The molecule has 0 bridgehead atoms. The molecule has 0 amide bonds. The molecule has 2 rings (SSSR count). The van der Waals surface area contributed by atoms with Crippen LogP contribution in [0.15, 0.2) is 18.3 Å². The topological polar surface area (TPSA) is 38.5 Å². The quantitative estimate of drug-likeness (QED) is 0.681. The Morgan fingerprint density at radius 2 is 2.38 bits per heavy atom. The van der Waals surface area contributed by atoms with Crippen molar-refractivity contribution in [1.82, 2.24) is 10.3 Å². The largest absolute Gasteiger partial charge is 0.484 e. The Morgan fingerprint density at radius 3 is 2.85 bits per heavy atom. The van der Waals surface area contributed by atoms with Crippen LogP contribution in [0.25, 0.3) is 4.85 Å². The SMILES string of the molecule is [C-]#[N+]c1ccc(OC2CNC2)cn1. The zero-order valence-corrected chi connectivity index (χ0v) is 7.03. The van der Waals surface area contributed by atoms with Gasteiger partial charge >= 0.3 is 0 Å². The highest BCUT2D eigenvalue weighted by atomic mass is 16.5. The summed E-state index contributed by atoms with van der Waals surface area (Å²) in [5, 5.41) is 3.11. The van der Waals surface area contributed by atoms with Crippen molar-refractivity contribution in [1.29, 1.82) is 0 Å². The summed E-state index contributed by atoms with van der Waals surface area (Å²) in [7, 11) is 0. The molecule has 1 saturated heterocycles. The number of ether oxygens (including phenoxy) is 1. The Bertz CT molecular complexity index is 324. The average Bonchev–Trinajstić information content (AvgIpc) is 2.12. The first kappa shape index (κ1) is 8.02. The molecule has 0 atom stereocenters. The number of rotatable bonds is 2. The van der Waals surface area contributed by atoms with E-state index in [0.29, 0.717) is 5.82 Å². The number of aromatic nitrogens is 1. The first-order valence-corrected chi connectivity index (χ1v) is 4.09. The normalized spacial score (nSPS) is 15.9. The molecule has 1 aromatic heterocycles. The minimum absolute atomic E-state index is 0.264. The number of nitrogens with one attached hydrogen (secondary N) is 1. The lowest BCUT2D eigenvalue weighted by atomic mass is 10.2. The Balaban J connectivity index is 2.01. The van der Waals surface area contributed by atoms with Crippen LogP contribution < -0.4 is 10.1 Å². The van der Waals surface area contributed by atoms with Gasteiger partial charge in [0.05, 0.1) is 0 Å². The third-order valence-corrected chi connectivity index (χ3v) is 1.88. The summed E-state index contributed by atoms with van der Waals surface area (Å²) in [6.45, 7) is 8.50. The van der Waals surface area contributed by atoms with Crippen molar-refractivity contribution in [3.8, 4) is 5.75 Å². The minimum atomic E-state index is 0.264. The van der Waals surface area contributed by atoms with Gasteiger partial charge in [-0.15, -0.1) is 4.98 Å². The van der Waals surface area contributed by atoms with Gasteiger partial charge in [-0.3, -0.25) is 0 Å². The second-order valence-corrected chi connectivity index (χ2v) is 2.86. The molecule has 66 valence electrons. The molecule has 0 unspecified atom stereocenters. The molecule has 1 aliphatic heterocycles. The lowest BCUT2D eigenvalue weighted by Gasteiger charge is -2.27. The lowest BCUT2D eigenvalue weighted by Crippen LogP contribution is -2.50. The minimum Gasteiger partial charge on any atom is -0.484 e. The fourth-order valence-corrected chi connectivity index (χ4v) is 1.05. The molecule has 4 heteroatoms. The highest BCUT2D eigenvalue weighted by molar-refractivity contribution is 5.38. The van der Waals surface area contributed by atoms with Gasteiger partial charge in [-0.05, 0) is 12.1 Å². The van der Waals surface area contributed by atoms with Gasteiger partial charge in [0.2, 0.25) is 0 Å². The van der Waals surface area contributed by atoms with E-state index in [9.17, 15) is 0 Å². The van der Waals surface area contributed by atoms with Crippen molar-refractivity contribution < 1.29 is 4.74 Å². The van der Waals surface area contributed by atoms with Crippen LogP contribution in [0.5, 0.6) is 5.75 Å². The number of pyridine rings is 1. The van der Waals surface area contributed by atoms with Crippen LogP contribution in [0.1, 0.15) is 0 Å². The maximum atomic E-state index is 6.71. The van der Waals surface area contributed by atoms with Gasteiger partial charge in [0.25, 0.3) is 5.82 Å². The molecule has 1 aromatic rings. The van der Waals surface area contributed by atoms with Gasteiger partial charge < -0.3 is 14.9 Å². The van der Waals surface area contributed by atoms with Gasteiger partial charge in [-0.2, -0.15) is 0 Å². The van der Waals surface area contributed by atoms with Crippen molar-refractivity contribution in [3.05, 3.63) is 29.7 Å². The smallest absolute Gasteiger partial charge is 0.269 e. The molecule has 4 nitrogen and oxygen atoms in total. The molecule has 0 radical (unpaired) electrons. The zero-order valence-electron chi connectivity index (χ0n) is 7.03. The predicted octanol–water partition coefficient (Wildman–Crippen LogP) is 0.983. The average molecular weight is 175 g/mol. The maximum absolute atomic E-state index is 6.71. The molecule has 0 aliphatic carbocycles. The molecule has 1 fully saturated rings. The van der Waals surface area contributed by atoms with E-state index in [-0.39, 0.29) is 6.10 Å². The Labute approximate surface area is 76.4 Å². The van der Waals surface area contributed by atoms with Crippen LogP contribution in [0, 0.1) is 6.57 Å². The van der Waals surface area contributed by atoms with Gasteiger partial charge in [0, 0.05) is 13.1 Å². The van der Waals surface area contributed by atoms with E-state index in [1.54, 1.807) is 18.3 Å². The fourth-order valence-electron chi connectivity index (χ4n) is 1.05. The third-order valence-electron chi connectivity index (χ3n) is 1.88. The third kappa shape index (κ3) is 1.76. The summed E-state index contributed by atoms with van der Waals surface area (Å²) >= 11 is 0. The van der Waals surface area contributed by atoms with Crippen LogP contribution in [0.4, 0.5) is 5.82 Å². The molecule has 0 spiro atoms. The molecule has 0 saturated carbocycles.